The fourth-order valence-corrected chi connectivity index (χ4v) is 2.14. The third-order valence-electron chi connectivity index (χ3n) is 3.10. The molecule has 0 aliphatic heterocycles. The molecule has 4 aromatic carbocycles. The third-order valence-corrected chi connectivity index (χ3v) is 3.10. The van der Waals surface area contributed by atoms with Crippen LogP contribution in [-0.2, 0) is 19.5 Å². The molecule has 4 aromatic rings. The Labute approximate surface area is 126 Å². The Balaban J connectivity index is 0.000000133. The van der Waals surface area contributed by atoms with E-state index in [0.29, 0.717) is 0 Å². The first-order valence-corrected chi connectivity index (χ1v) is 6.14. The molecule has 0 fully saturated rings. The van der Waals surface area contributed by atoms with Crippen LogP contribution in [0.1, 0.15) is 0 Å². The molecule has 0 amide bonds. The van der Waals surface area contributed by atoms with Crippen molar-refractivity contribution in [3.05, 3.63) is 84.9 Å². The van der Waals surface area contributed by atoms with Crippen LogP contribution in [0.15, 0.2) is 84.9 Å². The number of hydrogen-bond acceptors (Lipinski definition) is 0. The van der Waals surface area contributed by atoms with Crippen LogP contribution in [-0.4, -0.2) is 0 Å². The fraction of sp³-hybridized carbons (Fsp3) is 0. The van der Waals surface area contributed by atoms with Crippen molar-refractivity contribution in [3.63, 3.8) is 0 Å². The van der Waals surface area contributed by atoms with Crippen molar-refractivity contribution in [2.24, 2.45) is 0 Å². The summed E-state index contributed by atoms with van der Waals surface area (Å²) in [5.74, 6) is 0. The quantitative estimate of drug-likeness (QED) is 0.312. The Morgan fingerprint density at radius 3 is 1.37 bits per heavy atom. The molecule has 0 bridgehead atoms. The predicted octanol–water partition coefficient (Wildman–Crippen LogP) is 5.11. The third kappa shape index (κ3) is 3.19. The maximum Gasteiger partial charge on any atom is 2.00 e. The van der Waals surface area contributed by atoms with E-state index in [0.717, 1.165) is 0 Å². The van der Waals surface area contributed by atoms with Crippen LogP contribution in [0.5, 0.6) is 0 Å². The molecule has 0 aliphatic carbocycles. The van der Waals surface area contributed by atoms with Crippen molar-refractivity contribution in [2.45, 2.75) is 0 Å². The van der Waals surface area contributed by atoms with E-state index in [1.165, 1.54) is 21.5 Å². The van der Waals surface area contributed by atoms with Gasteiger partial charge in [-0.05, 0) is 0 Å². The summed E-state index contributed by atoms with van der Waals surface area (Å²) in [5, 5.41) is 5.32. The van der Waals surface area contributed by atoms with Gasteiger partial charge < -0.3 is 0 Å². The second kappa shape index (κ2) is 6.45. The van der Waals surface area contributed by atoms with Crippen molar-refractivity contribution in [1.82, 2.24) is 0 Å². The number of fused-ring (bicyclic) bond motifs is 2. The van der Waals surface area contributed by atoms with Gasteiger partial charge in [-0.15, -0.1) is 59.3 Å². The second-order valence-electron chi connectivity index (χ2n) is 4.31. The summed E-state index contributed by atoms with van der Waals surface area (Å²) in [4.78, 5) is 0. The van der Waals surface area contributed by atoms with Crippen LogP contribution in [0.25, 0.3) is 21.5 Å². The monoisotopic (exact) mass is 294 g/mol. The van der Waals surface area contributed by atoms with E-state index in [2.05, 4.69) is 84.9 Å². The van der Waals surface area contributed by atoms with Crippen molar-refractivity contribution in [3.8, 4) is 0 Å². The Morgan fingerprint density at radius 1 is 0.526 bits per heavy atom. The summed E-state index contributed by atoms with van der Waals surface area (Å²) in [7, 11) is 0. The predicted molar refractivity (Wildman–Crippen MR) is 79.1 cm³/mol. The summed E-state index contributed by atoms with van der Waals surface area (Å²) in [6, 6.07) is 29.3. The van der Waals surface area contributed by atoms with Crippen molar-refractivity contribution < 1.29 is 19.5 Å². The van der Waals surface area contributed by atoms with Gasteiger partial charge in [-0.25, -0.2) is 0 Å². The molecule has 0 aliphatic rings. The Hall–Kier alpha value is -1.72. The Morgan fingerprint density at radius 2 is 0.947 bits per heavy atom. The topological polar surface area (TPSA) is 0 Å². The maximum atomic E-state index is 2.12. The molecule has 0 saturated heterocycles. The Bertz CT molecular complexity index is 620. The van der Waals surface area contributed by atoms with Gasteiger partial charge in [-0.1, -0.05) is 12.1 Å². The van der Waals surface area contributed by atoms with Crippen molar-refractivity contribution in [2.75, 3.05) is 0 Å². The zero-order chi connectivity index (χ0) is 12.2. The van der Waals surface area contributed by atoms with Crippen LogP contribution in [0.4, 0.5) is 0 Å². The molecule has 0 aromatic heterocycles. The average molecular weight is 296 g/mol. The molecule has 0 N–H and O–H groups in total. The minimum atomic E-state index is 0. The zero-order valence-electron chi connectivity index (χ0n) is 10.8. The zero-order valence-corrected chi connectivity index (χ0v) is 13.8. The molecule has 88 valence electrons. The molecule has 0 spiro atoms. The average Bonchev–Trinajstić information content (AvgIpc) is 3.08. The molecule has 4 rings (SSSR count). The van der Waals surface area contributed by atoms with Gasteiger partial charge in [-0.2, -0.15) is 35.0 Å². The van der Waals surface area contributed by atoms with Crippen molar-refractivity contribution in [1.29, 1.82) is 0 Å². The summed E-state index contributed by atoms with van der Waals surface area (Å²) in [6.07, 6.45) is 0. The molecule has 19 heavy (non-hydrogen) atoms. The molecule has 0 radical (unpaired) electrons. The van der Waals surface area contributed by atoms with Gasteiger partial charge in [0, 0.05) is 0 Å². The number of hydrogen-bond donors (Lipinski definition) is 0. The van der Waals surface area contributed by atoms with Gasteiger partial charge in [0.25, 0.3) is 0 Å². The molecule has 1 heteroatoms. The van der Waals surface area contributed by atoms with E-state index in [1.54, 1.807) is 0 Å². The van der Waals surface area contributed by atoms with E-state index in [4.69, 9.17) is 0 Å². The first-order chi connectivity index (χ1) is 8.93. The normalized spacial score (nSPS) is 9.68. The Kier molecular flexibility index (Phi) is 4.65. The molecule has 0 nitrogen and oxygen atoms in total. The number of rotatable bonds is 0. The summed E-state index contributed by atoms with van der Waals surface area (Å²) in [5.41, 5.74) is 0. The number of benzene rings is 2. The van der Waals surface area contributed by atoms with Gasteiger partial charge in [0.05, 0.1) is 0 Å². The molecular weight excluding hydrogens is 282 g/mol. The van der Waals surface area contributed by atoms with Gasteiger partial charge in [0.1, 0.15) is 0 Å². The van der Waals surface area contributed by atoms with E-state index in [-0.39, 0.29) is 19.5 Å². The van der Waals surface area contributed by atoms with E-state index in [9.17, 15) is 0 Å². The van der Waals surface area contributed by atoms with Gasteiger partial charge >= 0.3 is 19.5 Å². The van der Waals surface area contributed by atoms with Crippen LogP contribution in [0.2, 0.25) is 0 Å². The molecule has 0 atom stereocenters. The van der Waals surface area contributed by atoms with Crippen molar-refractivity contribution >= 4 is 21.5 Å². The smallest absolute Gasteiger partial charge is 0.168 e. The van der Waals surface area contributed by atoms with E-state index in [1.807, 2.05) is 0 Å². The molecule has 0 heterocycles. The largest absolute Gasteiger partial charge is 2.00 e. The first-order valence-electron chi connectivity index (χ1n) is 6.14. The van der Waals surface area contributed by atoms with Gasteiger partial charge in [0.2, 0.25) is 0 Å². The fourth-order valence-electron chi connectivity index (χ4n) is 2.14. The minimum absolute atomic E-state index is 0. The summed E-state index contributed by atoms with van der Waals surface area (Å²) >= 11 is 0. The van der Waals surface area contributed by atoms with Crippen LogP contribution in [0, 0.1) is 0 Å². The van der Waals surface area contributed by atoms with E-state index >= 15 is 0 Å². The standard InChI is InChI=1S/2C9H7.Zn/c2*1-2-5-9-7-3-6-8(9)4-1;/h2*1-7H;/q2*-1;+2. The minimum Gasteiger partial charge on any atom is -0.168 e. The SMILES string of the molecule is [Zn+2].c1ccc2[cH-]ccc2c1.c1ccc2[cH-]ccc2c1. The van der Waals surface area contributed by atoms with Gasteiger partial charge in [0.15, 0.2) is 0 Å². The summed E-state index contributed by atoms with van der Waals surface area (Å²) in [6.45, 7) is 0. The maximum absolute atomic E-state index is 2.12. The van der Waals surface area contributed by atoms with Crippen LogP contribution < -0.4 is 0 Å². The summed E-state index contributed by atoms with van der Waals surface area (Å²) < 4.78 is 0. The first kappa shape index (κ1) is 13.7. The molecule has 0 saturated carbocycles. The van der Waals surface area contributed by atoms with Gasteiger partial charge in [-0.3, -0.25) is 0 Å². The van der Waals surface area contributed by atoms with E-state index < -0.39 is 0 Å². The molecular formula is C18H14Zn. The van der Waals surface area contributed by atoms with Crippen LogP contribution in [0.3, 0.4) is 0 Å². The van der Waals surface area contributed by atoms with Crippen LogP contribution >= 0.6 is 0 Å². The molecule has 0 unspecified atom stereocenters. The second-order valence-corrected chi connectivity index (χ2v) is 4.31.